The van der Waals surface area contributed by atoms with Crippen LogP contribution in [-0.4, -0.2) is 19.0 Å². The maximum atomic E-state index is 5.12. The van der Waals surface area contributed by atoms with Gasteiger partial charge in [-0.05, 0) is 5.92 Å². The molecule has 0 radical (unpaired) electrons. The molecule has 0 aromatic carbocycles. The topological polar surface area (TPSA) is 21.6 Å². The molecule has 0 fully saturated rings. The van der Waals surface area contributed by atoms with E-state index < -0.39 is 0 Å². The summed E-state index contributed by atoms with van der Waals surface area (Å²) in [5.41, 5.74) is 0. The fourth-order valence-electron chi connectivity index (χ4n) is 0.679. The van der Waals surface area contributed by atoms with E-state index in [0.29, 0.717) is 12.0 Å². The molecule has 1 atom stereocenters. The monoisotopic (exact) mass is 113 g/mol. The molecule has 1 unspecified atom stereocenters. The van der Waals surface area contributed by atoms with E-state index in [-0.39, 0.29) is 0 Å². The van der Waals surface area contributed by atoms with Crippen LogP contribution >= 0.6 is 0 Å². The van der Waals surface area contributed by atoms with Gasteiger partial charge in [0.05, 0.1) is 6.54 Å². The van der Waals surface area contributed by atoms with Crippen LogP contribution in [0.25, 0.3) is 0 Å². The third-order valence-electron chi connectivity index (χ3n) is 1.34. The van der Waals surface area contributed by atoms with E-state index in [0.717, 1.165) is 6.54 Å². The zero-order valence-electron chi connectivity index (χ0n) is 5.29. The van der Waals surface area contributed by atoms with Gasteiger partial charge in [-0.25, -0.2) is 0 Å². The van der Waals surface area contributed by atoms with Crippen molar-refractivity contribution in [3.63, 3.8) is 0 Å². The second-order valence-electron chi connectivity index (χ2n) is 2.39. The zero-order chi connectivity index (χ0) is 5.98. The van der Waals surface area contributed by atoms with Crippen LogP contribution in [0.15, 0.2) is 4.99 Å². The summed E-state index contributed by atoms with van der Waals surface area (Å²) >= 11 is 0. The Morgan fingerprint density at radius 2 is 2.50 bits per heavy atom. The standard InChI is InChI=1S/C6H11NO/c1-5(2)6-3-7-4-8-6/h4-6H,3H2,1-2H3. The normalized spacial score (nSPS) is 26.6. The van der Waals surface area contributed by atoms with Gasteiger partial charge in [0, 0.05) is 0 Å². The van der Waals surface area contributed by atoms with Crippen LogP contribution in [0.5, 0.6) is 0 Å². The third kappa shape index (κ3) is 0.997. The van der Waals surface area contributed by atoms with Crippen molar-refractivity contribution in [3.05, 3.63) is 0 Å². The van der Waals surface area contributed by atoms with E-state index in [4.69, 9.17) is 4.74 Å². The maximum absolute atomic E-state index is 5.12. The number of nitrogens with zero attached hydrogens (tertiary/aromatic N) is 1. The van der Waals surface area contributed by atoms with Crippen molar-refractivity contribution in [2.24, 2.45) is 10.9 Å². The summed E-state index contributed by atoms with van der Waals surface area (Å²) < 4.78 is 5.12. The second kappa shape index (κ2) is 2.16. The first-order valence-corrected chi connectivity index (χ1v) is 2.94. The number of hydrogen-bond acceptors (Lipinski definition) is 2. The highest BCUT2D eigenvalue weighted by atomic mass is 16.5. The van der Waals surface area contributed by atoms with Crippen molar-refractivity contribution in [3.8, 4) is 0 Å². The van der Waals surface area contributed by atoms with Crippen LogP contribution in [-0.2, 0) is 4.74 Å². The molecule has 0 aromatic rings. The van der Waals surface area contributed by atoms with Gasteiger partial charge in [-0.2, -0.15) is 0 Å². The highest BCUT2D eigenvalue weighted by Gasteiger charge is 2.15. The van der Waals surface area contributed by atoms with Gasteiger partial charge in [0.2, 0.25) is 0 Å². The molecule has 1 rings (SSSR count). The molecule has 0 amide bonds. The smallest absolute Gasteiger partial charge is 0.170 e. The van der Waals surface area contributed by atoms with Crippen LogP contribution in [0.1, 0.15) is 13.8 Å². The molecule has 0 saturated heterocycles. The summed E-state index contributed by atoms with van der Waals surface area (Å²) in [6, 6.07) is 0. The molecule has 2 heteroatoms. The van der Waals surface area contributed by atoms with Crippen molar-refractivity contribution in [2.45, 2.75) is 20.0 Å². The molecule has 1 heterocycles. The lowest BCUT2D eigenvalue weighted by Crippen LogP contribution is -2.17. The summed E-state index contributed by atoms with van der Waals surface area (Å²) in [6.07, 6.45) is 1.89. The Morgan fingerprint density at radius 3 is 2.75 bits per heavy atom. The minimum atomic E-state index is 0.343. The summed E-state index contributed by atoms with van der Waals surface area (Å²) in [5, 5.41) is 0. The van der Waals surface area contributed by atoms with E-state index in [9.17, 15) is 0 Å². The minimum absolute atomic E-state index is 0.343. The molecule has 1 aliphatic heterocycles. The molecule has 2 nitrogen and oxygen atoms in total. The van der Waals surface area contributed by atoms with Crippen molar-refractivity contribution >= 4 is 6.40 Å². The quantitative estimate of drug-likeness (QED) is 0.498. The zero-order valence-corrected chi connectivity index (χ0v) is 5.29. The first kappa shape index (κ1) is 5.60. The molecule has 8 heavy (non-hydrogen) atoms. The van der Waals surface area contributed by atoms with Gasteiger partial charge in [-0.1, -0.05) is 13.8 Å². The molecular formula is C6H11NO. The van der Waals surface area contributed by atoms with Crippen LogP contribution in [0, 0.1) is 5.92 Å². The molecule has 0 aliphatic carbocycles. The van der Waals surface area contributed by atoms with Gasteiger partial charge in [0.15, 0.2) is 6.40 Å². The molecule has 0 spiro atoms. The fourth-order valence-corrected chi connectivity index (χ4v) is 0.679. The average Bonchev–Trinajstić information content (AvgIpc) is 2.12. The van der Waals surface area contributed by atoms with Gasteiger partial charge in [0.25, 0.3) is 0 Å². The molecule has 0 N–H and O–H groups in total. The molecular weight excluding hydrogens is 102 g/mol. The van der Waals surface area contributed by atoms with Gasteiger partial charge in [-0.15, -0.1) is 0 Å². The number of aliphatic imine (C=N–C) groups is 1. The Hall–Kier alpha value is -0.530. The Bertz CT molecular complexity index is 90.7. The fraction of sp³-hybridized carbons (Fsp3) is 0.833. The van der Waals surface area contributed by atoms with Crippen molar-refractivity contribution in [1.29, 1.82) is 0 Å². The Labute approximate surface area is 49.6 Å². The third-order valence-corrected chi connectivity index (χ3v) is 1.34. The molecule has 0 saturated carbocycles. The van der Waals surface area contributed by atoms with Crippen LogP contribution < -0.4 is 0 Å². The SMILES string of the molecule is CC(C)C1CN=CO1. The van der Waals surface area contributed by atoms with Crippen molar-refractivity contribution < 1.29 is 4.74 Å². The lowest BCUT2D eigenvalue weighted by Gasteiger charge is -2.10. The van der Waals surface area contributed by atoms with Crippen molar-refractivity contribution in [1.82, 2.24) is 0 Å². The first-order chi connectivity index (χ1) is 3.80. The Kier molecular flexibility index (Phi) is 1.51. The number of rotatable bonds is 1. The first-order valence-electron chi connectivity index (χ1n) is 2.94. The summed E-state index contributed by atoms with van der Waals surface area (Å²) in [5.74, 6) is 0.595. The van der Waals surface area contributed by atoms with Gasteiger partial charge >= 0.3 is 0 Å². The predicted molar refractivity (Wildman–Crippen MR) is 33.1 cm³/mol. The van der Waals surface area contributed by atoms with E-state index in [1.807, 2.05) is 0 Å². The van der Waals surface area contributed by atoms with Crippen molar-refractivity contribution in [2.75, 3.05) is 6.54 Å². The highest BCUT2D eigenvalue weighted by Crippen LogP contribution is 2.08. The molecule has 1 aliphatic rings. The summed E-state index contributed by atoms with van der Waals surface area (Å²) in [7, 11) is 0. The van der Waals surface area contributed by atoms with Gasteiger partial charge in [-0.3, -0.25) is 4.99 Å². The van der Waals surface area contributed by atoms with E-state index in [2.05, 4.69) is 18.8 Å². The summed E-state index contributed by atoms with van der Waals surface area (Å²) in [4.78, 5) is 3.94. The van der Waals surface area contributed by atoms with Crippen LogP contribution in [0.2, 0.25) is 0 Å². The average molecular weight is 113 g/mol. The minimum Gasteiger partial charge on any atom is -0.478 e. The highest BCUT2D eigenvalue weighted by molar-refractivity contribution is 5.48. The molecule has 0 aromatic heterocycles. The van der Waals surface area contributed by atoms with Gasteiger partial charge < -0.3 is 4.74 Å². The predicted octanol–water partition coefficient (Wildman–Crippen LogP) is 1.07. The molecule has 46 valence electrons. The number of hydrogen-bond donors (Lipinski definition) is 0. The second-order valence-corrected chi connectivity index (χ2v) is 2.39. The van der Waals surface area contributed by atoms with Crippen LogP contribution in [0.4, 0.5) is 0 Å². The molecule has 0 bridgehead atoms. The number of ether oxygens (including phenoxy) is 1. The van der Waals surface area contributed by atoms with E-state index in [1.54, 1.807) is 6.40 Å². The van der Waals surface area contributed by atoms with Gasteiger partial charge in [0.1, 0.15) is 6.10 Å². The maximum Gasteiger partial charge on any atom is 0.170 e. The Morgan fingerprint density at radius 1 is 1.75 bits per heavy atom. The Balaban J connectivity index is 2.29. The van der Waals surface area contributed by atoms with E-state index >= 15 is 0 Å². The lowest BCUT2D eigenvalue weighted by atomic mass is 10.1. The van der Waals surface area contributed by atoms with E-state index in [1.165, 1.54) is 0 Å². The van der Waals surface area contributed by atoms with Crippen LogP contribution in [0.3, 0.4) is 0 Å². The largest absolute Gasteiger partial charge is 0.478 e. The summed E-state index contributed by atoms with van der Waals surface area (Å²) in [6.45, 7) is 5.12. The lowest BCUT2D eigenvalue weighted by molar-refractivity contribution is 0.179.